The van der Waals surface area contributed by atoms with E-state index in [0.717, 1.165) is 29.4 Å². The Balaban J connectivity index is 1.76. The van der Waals surface area contributed by atoms with Crippen molar-refractivity contribution in [1.29, 1.82) is 0 Å². The molecule has 27 heavy (non-hydrogen) atoms. The predicted octanol–water partition coefficient (Wildman–Crippen LogP) is 4.65. The zero-order valence-corrected chi connectivity index (χ0v) is 17.3. The van der Waals surface area contributed by atoms with Crippen molar-refractivity contribution in [2.45, 2.75) is 31.3 Å². The van der Waals surface area contributed by atoms with Gasteiger partial charge in [0.1, 0.15) is 5.75 Å². The maximum atomic E-state index is 5.51. The Morgan fingerprint density at radius 1 is 0.963 bits per heavy atom. The lowest BCUT2D eigenvalue weighted by atomic mass is 9.89. The Kier molecular flexibility index (Phi) is 6.91. The van der Waals surface area contributed by atoms with Crippen LogP contribution in [0.2, 0.25) is 0 Å². The molecule has 3 atom stereocenters. The van der Waals surface area contributed by atoms with Crippen LogP contribution in [0.3, 0.4) is 0 Å². The molecule has 0 amide bonds. The molecule has 0 aliphatic carbocycles. The summed E-state index contributed by atoms with van der Waals surface area (Å²) in [7, 11) is 5.07. The third kappa shape index (κ3) is 4.71. The molecule has 1 fully saturated rings. The van der Waals surface area contributed by atoms with Crippen molar-refractivity contribution in [2.75, 3.05) is 32.8 Å². The average molecular weight is 388 g/mol. The molecule has 4 nitrogen and oxygen atoms in total. The minimum atomic E-state index is 0.284. The molecule has 1 heterocycles. The Morgan fingerprint density at radius 3 is 2.37 bits per heavy atom. The van der Waals surface area contributed by atoms with E-state index in [1.54, 1.807) is 21.3 Å². The van der Waals surface area contributed by atoms with Gasteiger partial charge >= 0.3 is 0 Å². The first-order valence-electron chi connectivity index (χ1n) is 9.36. The third-order valence-electron chi connectivity index (χ3n) is 5.27. The summed E-state index contributed by atoms with van der Waals surface area (Å²) >= 11 is 2.02. The number of nitrogens with one attached hydrogen (secondary N) is 1. The molecular weight excluding hydrogens is 358 g/mol. The Hall–Kier alpha value is -1.85. The fraction of sp³-hybridized carbons (Fsp3) is 0.455. The van der Waals surface area contributed by atoms with Gasteiger partial charge in [0.05, 0.1) is 21.3 Å². The molecule has 1 aliphatic rings. The van der Waals surface area contributed by atoms with E-state index >= 15 is 0 Å². The van der Waals surface area contributed by atoms with E-state index in [2.05, 4.69) is 36.5 Å². The van der Waals surface area contributed by atoms with Crippen LogP contribution in [-0.2, 0) is 0 Å². The normalized spacial score (nSPS) is 20.7. The van der Waals surface area contributed by atoms with Crippen LogP contribution in [-0.4, -0.2) is 38.9 Å². The van der Waals surface area contributed by atoms with Crippen LogP contribution in [0, 0.1) is 0 Å². The molecule has 0 aromatic heterocycles. The van der Waals surface area contributed by atoms with E-state index in [0.29, 0.717) is 12.0 Å². The second-order valence-electron chi connectivity index (χ2n) is 6.85. The zero-order valence-electron chi connectivity index (χ0n) is 16.5. The van der Waals surface area contributed by atoms with E-state index in [1.165, 1.54) is 16.9 Å². The molecule has 3 rings (SSSR count). The Bertz CT molecular complexity index is 735. The second kappa shape index (κ2) is 9.38. The van der Waals surface area contributed by atoms with Crippen molar-refractivity contribution in [3.05, 3.63) is 53.6 Å². The van der Waals surface area contributed by atoms with Gasteiger partial charge in [0.2, 0.25) is 0 Å². The molecule has 0 spiro atoms. The summed E-state index contributed by atoms with van der Waals surface area (Å²) in [6.45, 7) is 2.23. The minimum Gasteiger partial charge on any atom is -0.497 e. The molecule has 0 unspecified atom stereocenters. The predicted molar refractivity (Wildman–Crippen MR) is 113 cm³/mol. The van der Waals surface area contributed by atoms with Crippen LogP contribution in [0.1, 0.15) is 36.4 Å². The van der Waals surface area contributed by atoms with Crippen LogP contribution in [0.15, 0.2) is 42.5 Å². The van der Waals surface area contributed by atoms with E-state index in [-0.39, 0.29) is 6.04 Å². The SMILES string of the molecule is COc1ccc([C@@H](C)N[C@@H]2CCSC[C@@H]2c2ccc(OC)c(OC)c2)cc1. The van der Waals surface area contributed by atoms with Crippen LogP contribution in [0.4, 0.5) is 0 Å². The average Bonchev–Trinajstić information content (AvgIpc) is 2.73. The summed E-state index contributed by atoms with van der Waals surface area (Å²) in [6, 6.07) is 15.3. The van der Waals surface area contributed by atoms with Gasteiger partial charge in [0.25, 0.3) is 0 Å². The highest BCUT2D eigenvalue weighted by Crippen LogP contribution is 2.37. The van der Waals surface area contributed by atoms with Gasteiger partial charge in [0.15, 0.2) is 11.5 Å². The number of thioether (sulfide) groups is 1. The molecule has 146 valence electrons. The summed E-state index contributed by atoms with van der Waals surface area (Å²) in [5.74, 6) is 5.22. The molecule has 0 radical (unpaired) electrons. The summed E-state index contributed by atoms with van der Waals surface area (Å²) in [5, 5.41) is 3.86. The lowest BCUT2D eigenvalue weighted by Crippen LogP contribution is -2.40. The van der Waals surface area contributed by atoms with Gasteiger partial charge in [-0.2, -0.15) is 11.8 Å². The number of benzene rings is 2. The molecule has 0 bridgehead atoms. The van der Waals surface area contributed by atoms with Crippen LogP contribution in [0.25, 0.3) is 0 Å². The minimum absolute atomic E-state index is 0.284. The van der Waals surface area contributed by atoms with Gasteiger partial charge in [-0.25, -0.2) is 0 Å². The maximum Gasteiger partial charge on any atom is 0.160 e. The molecule has 1 N–H and O–H groups in total. The van der Waals surface area contributed by atoms with Crippen LogP contribution < -0.4 is 19.5 Å². The van der Waals surface area contributed by atoms with Crippen molar-refractivity contribution in [2.24, 2.45) is 0 Å². The van der Waals surface area contributed by atoms with E-state index in [9.17, 15) is 0 Å². The quantitative estimate of drug-likeness (QED) is 0.749. The lowest BCUT2D eigenvalue weighted by molar-refractivity contribution is 0.352. The van der Waals surface area contributed by atoms with Crippen molar-refractivity contribution in [3.63, 3.8) is 0 Å². The first-order valence-corrected chi connectivity index (χ1v) is 10.5. The van der Waals surface area contributed by atoms with Gasteiger partial charge in [-0.05, 0) is 54.5 Å². The van der Waals surface area contributed by atoms with E-state index in [4.69, 9.17) is 14.2 Å². The fourth-order valence-electron chi connectivity index (χ4n) is 3.66. The largest absolute Gasteiger partial charge is 0.497 e. The number of methoxy groups -OCH3 is 3. The molecular formula is C22H29NO3S. The van der Waals surface area contributed by atoms with Gasteiger partial charge in [-0.3, -0.25) is 0 Å². The van der Waals surface area contributed by atoms with E-state index in [1.807, 2.05) is 30.0 Å². The summed E-state index contributed by atoms with van der Waals surface area (Å²) < 4.78 is 16.2. The van der Waals surface area contributed by atoms with Gasteiger partial charge in [0, 0.05) is 23.8 Å². The fourth-order valence-corrected chi connectivity index (χ4v) is 4.93. The molecule has 5 heteroatoms. The summed E-state index contributed by atoms with van der Waals surface area (Å²) in [5.41, 5.74) is 2.58. The van der Waals surface area contributed by atoms with Crippen molar-refractivity contribution in [1.82, 2.24) is 5.32 Å². The molecule has 2 aromatic rings. The molecule has 2 aromatic carbocycles. The lowest BCUT2D eigenvalue weighted by Gasteiger charge is -2.35. The van der Waals surface area contributed by atoms with Gasteiger partial charge in [-0.15, -0.1) is 0 Å². The number of hydrogen-bond acceptors (Lipinski definition) is 5. The topological polar surface area (TPSA) is 39.7 Å². The smallest absolute Gasteiger partial charge is 0.160 e. The number of rotatable bonds is 7. The highest BCUT2D eigenvalue weighted by molar-refractivity contribution is 7.99. The Labute approximate surface area is 166 Å². The monoisotopic (exact) mass is 387 g/mol. The van der Waals surface area contributed by atoms with Crippen molar-refractivity contribution >= 4 is 11.8 Å². The van der Waals surface area contributed by atoms with Crippen molar-refractivity contribution < 1.29 is 14.2 Å². The Morgan fingerprint density at radius 2 is 1.70 bits per heavy atom. The van der Waals surface area contributed by atoms with Gasteiger partial charge in [-0.1, -0.05) is 18.2 Å². The number of ether oxygens (including phenoxy) is 3. The molecule has 1 aliphatic heterocycles. The first kappa shape index (κ1) is 19.9. The highest BCUT2D eigenvalue weighted by Gasteiger charge is 2.28. The van der Waals surface area contributed by atoms with Crippen LogP contribution >= 0.6 is 11.8 Å². The first-order chi connectivity index (χ1) is 13.2. The van der Waals surface area contributed by atoms with Crippen LogP contribution in [0.5, 0.6) is 17.2 Å². The van der Waals surface area contributed by atoms with Crippen molar-refractivity contribution in [3.8, 4) is 17.2 Å². The maximum absolute atomic E-state index is 5.51. The zero-order chi connectivity index (χ0) is 19.2. The standard InChI is InChI=1S/C22H29NO3S/c1-15(16-5-8-18(24-2)9-6-16)23-20-11-12-27-14-19(20)17-7-10-21(25-3)22(13-17)26-4/h5-10,13,15,19-20,23H,11-12,14H2,1-4H3/t15-,19-,20-/m1/s1. The summed E-state index contributed by atoms with van der Waals surface area (Å²) in [4.78, 5) is 0. The highest BCUT2D eigenvalue weighted by atomic mass is 32.2. The van der Waals surface area contributed by atoms with Gasteiger partial charge < -0.3 is 19.5 Å². The summed E-state index contributed by atoms with van der Waals surface area (Å²) in [6.07, 6.45) is 1.16. The second-order valence-corrected chi connectivity index (χ2v) is 8.00. The molecule has 1 saturated heterocycles. The number of hydrogen-bond donors (Lipinski definition) is 1. The third-order valence-corrected chi connectivity index (χ3v) is 6.39. The molecule has 0 saturated carbocycles. The van der Waals surface area contributed by atoms with E-state index < -0.39 is 0 Å².